The van der Waals surface area contributed by atoms with E-state index in [1.807, 2.05) is 0 Å². The minimum absolute atomic E-state index is 0.0692. The second-order valence-electron chi connectivity index (χ2n) is 6.26. The molecule has 0 aromatic heterocycles. The number of unbranched alkanes of at least 4 members (excludes halogenated alkanes) is 3. The first-order chi connectivity index (χ1) is 12.6. The van der Waals surface area contributed by atoms with Gasteiger partial charge in [-0.2, -0.15) is 0 Å². The first-order valence-electron chi connectivity index (χ1n) is 8.90. The molecule has 0 aliphatic carbocycles. The summed E-state index contributed by atoms with van der Waals surface area (Å²) in [6.45, 7) is 7.18. The van der Waals surface area contributed by atoms with Gasteiger partial charge in [0.1, 0.15) is 18.5 Å². The van der Waals surface area contributed by atoms with Crippen molar-refractivity contribution in [3.05, 3.63) is 42.0 Å². The summed E-state index contributed by atoms with van der Waals surface area (Å²) in [6.07, 6.45) is 3.79. The zero-order chi connectivity index (χ0) is 18.8. The highest BCUT2D eigenvalue weighted by Crippen LogP contribution is 2.15. The largest absolute Gasteiger partial charge is 0.494 e. The molecule has 1 aliphatic heterocycles. The predicted octanol–water partition coefficient (Wildman–Crippen LogP) is 3.30. The molecule has 142 valence electrons. The van der Waals surface area contributed by atoms with Crippen molar-refractivity contribution in [1.82, 2.24) is 0 Å². The van der Waals surface area contributed by atoms with Crippen LogP contribution >= 0.6 is 0 Å². The summed E-state index contributed by atoms with van der Waals surface area (Å²) in [7, 11) is 0. The molecule has 0 N–H and O–H groups in total. The Hall–Kier alpha value is -2.34. The fraction of sp³-hybridized carbons (Fsp3) is 0.500. The number of hydrogen-bond donors (Lipinski definition) is 0. The summed E-state index contributed by atoms with van der Waals surface area (Å²) in [6, 6.07) is 6.92. The van der Waals surface area contributed by atoms with E-state index in [9.17, 15) is 9.59 Å². The molecule has 1 aliphatic rings. The van der Waals surface area contributed by atoms with Gasteiger partial charge in [-0.15, -0.1) is 0 Å². The lowest BCUT2D eigenvalue weighted by Crippen LogP contribution is -2.10. The third-order valence-electron chi connectivity index (χ3n) is 3.78. The number of benzene rings is 1. The summed E-state index contributed by atoms with van der Waals surface area (Å²) in [4.78, 5) is 23.0. The van der Waals surface area contributed by atoms with Crippen LogP contribution in [0.4, 0.5) is 0 Å². The van der Waals surface area contributed by atoms with E-state index >= 15 is 0 Å². The maximum absolute atomic E-state index is 11.8. The van der Waals surface area contributed by atoms with Crippen LogP contribution in [0.25, 0.3) is 0 Å². The van der Waals surface area contributed by atoms with Gasteiger partial charge in [0.2, 0.25) is 0 Å². The molecule has 0 bridgehead atoms. The van der Waals surface area contributed by atoms with Crippen LogP contribution in [0.5, 0.6) is 5.75 Å². The molecule has 0 radical (unpaired) electrons. The molecule has 0 spiro atoms. The van der Waals surface area contributed by atoms with Gasteiger partial charge in [-0.05, 0) is 56.9 Å². The lowest BCUT2D eigenvalue weighted by Gasteiger charge is -2.08. The van der Waals surface area contributed by atoms with E-state index in [1.54, 1.807) is 31.2 Å². The molecule has 1 atom stereocenters. The standard InChI is InChI=1S/C20H26O6/c1-15(2)19(21)24-12-6-4-3-5-11-23-17-9-7-16(8-10-17)20(22)26-14-18-13-25-18/h7-10,18H,1,3-6,11-14H2,2H3. The molecule has 1 heterocycles. The third kappa shape index (κ3) is 7.70. The Morgan fingerprint density at radius 1 is 1.08 bits per heavy atom. The van der Waals surface area contributed by atoms with Gasteiger partial charge in [0.25, 0.3) is 0 Å². The average Bonchev–Trinajstić information content (AvgIpc) is 3.46. The van der Waals surface area contributed by atoms with Crippen molar-refractivity contribution < 1.29 is 28.5 Å². The summed E-state index contributed by atoms with van der Waals surface area (Å²) >= 11 is 0. The van der Waals surface area contributed by atoms with Crippen molar-refractivity contribution in [2.75, 3.05) is 26.4 Å². The molecular formula is C20H26O6. The Morgan fingerprint density at radius 3 is 2.35 bits per heavy atom. The third-order valence-corrected chi connectivity index (χ3v) is 3.78. The molecule has 1 aromatic rings. The SMILES string of the molecule is C=C(C)C(=O)OCCCCCCOc1ccc(C(=O)OCC2CO2)cc1. The van der Waals surface area contributed by atoms with Crippen molar-refractivity contribution in [3.63, 3.8) is 0 Å². The lowest BCUT2D eigenvalue weighted by molar-refractivity contribution is -0.139. The minimum atomic E-state index is -0.348. The van der Waals surface area contributed by atoms with E-state index < -0.39 is 0 Å². The Balaban J connectivity index is 1.52. The zero-order valence-electron chi connectivity index (χ0n) is 15.2. The van der Waals surface area contributed by atoms with E-state index in [1.165, 1.54) is 0 Å². The van der Waals surface area contributed by atoms with Crippen LogP contribution in [0, 0.1) is 0 Å². The second-order valence-corrected chi connectivity index (χ2v) is 6.26. The Bertz CT molecular complexity index is 603. The van der Waals surface area contributed by atoms with Gasteiger partial charge in [-0.3, -0.25) is 0 Å². The normalized spacial score (nSPS) is 15.2. The molecule has 26 heavy (non-hydrogen) atoms. The maximum atomic E-state index is 11.8. The van der Waals surface area contributed by atoms with E-state index in [-0.39, 0.29) is 18.0 Å². The van der Waals surface area contributed by atoms with Gasteiger partial charge >= 0.3 is 11.9 Å². The number of carbonyl (C=O) groups is 2. The average molecular weight is 362 g/mol. The summed E-state index contributed by atoms with van der Waals surface area (Å²) in [5.74, 6) is 0.0448. The number of epoxide rings is 1. The number of carbonyl (C=O) groups excluding carboxylic acids is 2. The molecule has 2 rings (SSSR count). The van der Waals surface area contributed by atoms with Gasteiger partial charge < -0.3 is 18.9 Å². The molecule has 0 saturated carbocycles. The van der Waals surface area contributed by atoms with Crippen molar-refractivity contribution in [1.29, 1.82) is 0 Å². The van der Waals surface area contributed by atoms with Crippen LogP contribution in [0.3, 0.4) is 0 Å². The zero-order valence-corrected chi connectivity index (χ0v) is 15.2. The van der Waals surface area contributed by atoms with Crippen LogP contribution in [0.1, 0.15) is 43.0 Å². The highest BCUT2D eigenvalue weighted by Gasteiger charge is 2.24. The molecule has 0 amide bonds. The summed E-state index contributed by atoms with van der Waals surface area (Å²) in [5, 5.41) is 0. The molecule has 1 aromatic carbocycles. The van der Waals surface area contributed by atoms with Crippen molar-refractivity contribution in [2.24, 2.45) is 0 Å². The van der Waals surface area contributed by atoms with Crippen LogP contribution in [0.2, 0.25) is 0 Å². The molecular weight excluding hydrogens is 336 g/mol. The number of esters is 2. The maximum Gasteiger partial charge on any atom is 0.338 e. The molecule has 1 unspecified atom stereocenters. The van der Waals surface area contributed by atoms with Crippen LogP contribution in [0.15, 0.2) is 36.4 Å². The van der Waals surface area contributed by atoms with Crippen LogP contribution in [-0.4, -0.2) is 44.5 Å². The van der Waals surface area contributed by atoms with E-state index in [2.05, 4.69) is 6.58 Å². The number of ether oxygens (including phenoxy) is 4. The van der Waals surface area contributed by atoms with Gasteiger partial charge in [0.15, 0.2) is 0 Å². The quantitative estimate of drug-likeness (QED) is 0.246. The topological polar surface area (TPSA) is 74.4 Å². The predicted molar refractivity (Wildman–Crippen MR) is 96.2 cm³/mol. The first-order valence-corrected chi connectivity index (χ1v) is 8.90. The van der Waals surface area contributed by atoms with Crippen LogP contribution in [-0.2, 0) is 19.0 Å². The van der Waals surface area contributed by atoms with Crippen LogP contribution < -0.4 is 4.74 Å². The highest BCUT2D eigenvalue weighted by atomic mass is 16.6. The van der Waals surface area contributed by atoms with Gasteiger partial charge in [0.05, 0.1) is 25.4 Å². The molecule has 6 nitrogen and oxygen atoms in total. The molecule has 1 fully saturated rings. The summed E-state index contributed by atoms with van der Waals surface area (Å²) in [5.41, 5.74) is 0.928. The lowest BCUT2D eigenvalue weighted by atomic mass is 10.2. The fourth-order valence-corrected chi connectivity index (χ4v) is 2.14. The molecule has 1 saturated heterocycles. The number of hydrogen-bond acceptors (Lipinski definition) is 6. The second kappa shape index (κ2) is 10.6. The first kappa shape index (κ1) is 20.0. The Morgan fingerprint density at radius 2 is 1.73 bits per heavy atom. The van der Waals surface area contributed by atoms with E-state index in [0.717, 1.165) is 31.4 Å². The fourth-order valence-electron chi connectivity index (χ4n) is 2.14. The Labute approximate surface area is 154 Å². The van der Waals surface area contributed by atoms with E-state index in [4.69, 9.17) is 18.9 Å². The molecule has 6 heteroatoms. The Kier molecular flexibility index (Phi) is 8.15. The highest BCUT2D eigenvalue weighted by molar-refractivity contribution is 5.89. The number of rotatable bonds is 12. The van der Waals surface area contributed by atoms with E-state index in [0.29, 0.717) is 37.6 Å². The van der Waals surface area contributed by atoms with Gasteiger partial charge in [-0.1, -0.05) is 6.58 Å². The van der Waals surface area contributed by atoms with Crippen molar-refractivity contribution in [3.8, 4) is 5.75 Å². The minimum Gasteiger partial charge on any atom is -0.494 e. The van der Waals surface area contributed by atoms with Gasteiger partial charge in [-0.25, -0.2) is 9.59 Å². The summed E-state index contributed by atoms with van der Waals surface area (Å²) < 4.78 is 20.8. The van der Waals surface area contributed by atoms with Gasteiger partial charge in [0, 0.05) is 5.57 Å². The smallest absolute Gasteiger partial charge is 0.338 e. The monoisotopic (exact) mass is 362 g/mol. The van der Waals surface area contributed by atoms with Crippen molar-refractivity contribution >= 4 is 11.9 Å². The van der Waals surface area contributed by atoms with Crippen molar-refractivity contribution in [2.45, 2.75) is 38.7 Å².